The van der Waals surface area contributed by atoms with Gasteiger partial charge >= 0.3 is 0 Å². The van der Waals surface area contributed by atoms with E-state index in [9.17, 15) is 4.79 Å². The van der Waals surface area contributed by atoms with E-state index in [0.717, 1.165) is 6.42 Å². The molecule has 1 amide bonds. The summed E-state index contributed by atoms with van der Waals surface area (Å²) in [6.45, 7) is 4.83. The number of rotatable bonds is 4. The van der Waals surface area contributed by atoms with Crippen molar-refractivity contribution >= 4 is 5.91 Å². The third-order valence-electron chi connectivity index (χ3n) is 2.10. The van der Waals surface area contributed by atoms with Crippen LogP contribution in [0.3, 0.4) is 0 Å². The van der Waals surface area contributed by atoms with Crippen molar-refractivity contribution in [3.05, 3.63) is 29.6 Å². The molecule has 16 heavy (non-hydrogen) atoms. The van der Waals surface area contributed by atoms with Crippen LogP contribution < -0.4 is 5.32 Å². The molecule has 0 saturated carbocycles. The van der Waals surface area contributed by atoms with Gasteiger partial charge in [0, 0.05) is 6.54 Å². The van der Waals surface area contributed by atoms with Crippen LogP contribution in [0.2, 0.25) is 0 Å². The van der Waals surface area contributed by atoms with Gasteiger partial charge in [0.05, 0.1) is 0 Å². The fourth-order valence-corrected chi connectivity index (χ4v) is 1.19. The Morgan fingerprint density at radius 1 is 1.56 bits per heavy atom. The second-order valence-corrected chi connectivity index (χ2v) is 3.96. The highest BCUT2D eigenvalue weighted by atomic mass is 16.1. The molecule has 1 N–H and O–H groups in total. The van der Waals surface area contributed by atoms with E-state index in [1.807, 2.05) is 6.07 Å². The second-order valence-electron chi connectivity index (χ2n) is 3.96. The van der Waals surface area contributed by atoms with Gasteiger partial charge in [-0.15, -0.1) is 0 Å². The Hall–Kier alpha value is -1.89. The fourth-order valence-electron chi connectivity index (χ4n) is 1.19. The van der Waals surface area contributed by atoms with Gasteiger partial charge in [0.25, 0.3) is 5.91 Å². The Labute approximate surface area is 95.3 Å². The average Bonchev–Trinajstić information content (AvgIpc) is 2.28. The number of nitrogens with one attached hydrogen (secondary N) is 1. The minimum atomic E-state index is -0.224. The van der Waals surface area contributed by atoms with Crippen LogP contribution in [-0.2, 0) is 0 Å². The van der Waals surface area contributed by atoms with E-state index in [2.05, 4.69) is 24.1 Å². The Balaban J connectivity index is 2.56. The molecule has 0 fully saturated rings. The molecule has 0 unspecified atom stereocenters. The molecule has 1 heterocycles. The standard InChI is InChI=1S/C12H15N3O/c1-9(2)6-7-14-12(16)11-5-3-4-10(8-13)15-11/h3-5,9H,6-7H2,1-2H3,(H,14,16). The summed E-state index contributed by atoms with van der Waals surface area (Å²) in [6.07, 6.45) is 0.934. The molecule has 1 rings (SSSR count). The van der Waals surface area contributed by atoms with Crippen molar-refractivity contribution in [1.82, 2.24) is 10.3 Å². The van der Waals surface area contributed by atoms with Gasteiger partial charge in [0.2, 0.25) is 0 Å². The van der Waals surface area contributed by atoms with Gasteiger partial charge < -0.3 is 5.32 Å². The van der Waals surface area contributed by atoms with E-state index in [1.54, 1.807) is 18.2 Å². The smallest absolute Gasteiger partial charge is 0.269 e. The number of aromatic nitrogens is 1. The summed E-state index contributed by atoms with van der Waals surface area (Å²) in [7, 11) is 0. The number of amides is 1. The zero-order valence-corrected chi connectivity index (χ0v) is 9.53. The van der Waals surface area contributed by atoms with Gasteiger partial charge in [0.15, 0.2) is 0 Å². The first kappa shape index (κ1) is 12.2. The quantitative estimate of drug-likeness (QED) is 0.835. The first-order chi connectivity index (χ1) is 7.63. The van der Waals surface area contributed by atoms with Crippen molar-refractivity contribution in [2.45, 2.75) is 20.3 Å². The Morgan fingerprint density at radius 3 is 2.94 bits per heavy atom. The monoisotopic (exact) mass is 217 g/mol. The maximum Gasteiger partial charge on any atom is 0.269 e. The molecule has 4 heteroatoms. The van der Waals surface area contributed by atoms with Gasteiger partial charge in [-0.3, -0.25) is 4.79 Å². The van der Waals surface area contributed by atoms with Gasteiger partial charge in [-0.1, -0.05) is 19.9 Å². The van der Waals surface area contributed by atoms with Gasteiger partial charge in [-0.25, -0.2) is 4.98 Å². The van der Waals surface area contributed by atoms with E-state index >= 15 is 0 Å². The van der Waals surface area contributed by atoms with Crippen molar-refractivity contribution in [3.8, 4) is 6.07 Å². The van der Waals surface area contributed by atoms with Gasteiger partial charge in [0.1, 0.15) is 17.5 Å². The normalized spacial score (nSPS) is 9.88. The third kappa shape index (κ3) is 3.70. The number of carbonyl (C=O) groups is 1. The lowest BCUT2D eigenvalue weighted by Crippen LogP contribution is -2.26. The number of pyridine rings is 1. The number of hydrogen-bond donors (Lipinski definition) is 1. The predicted octanol–water partition coefficient (Wildman–Crippen LogP) is 1.73. The first-order valence-corrected chi connectivity index (χ1v) is 5.29. The molecule has 0 aliphatic rings. The maximum absolute atomic E-state index is 11.6. The summed E-state index contributed by atoms with van der Waals surface area (Å²) in [5, 5.41) is 11.4. The molecule has 4 nitrogen and oxygen atoms in total. The second kappa shape index (κ2) is 5.86. The lowest BCUT2D eigenvalue weighted by molar-refractivity contribution is 0.0947. The van der Waals surface area contributed by atoms with E-state index < -0.39 is 0 Å². The molecule has 0 aliphatic carbocycles. The summed E-state index contributed by atoms with van der Waals surface area (Å²) >= 11 is 0. The lowest BCUT2D eigenvalue weighted by Gasteiger charge is -2.06. The van der Waals surface area contributed by atoms with Gasteiger partial charge in [-0.05, 0) is 24.5 Å². The molecule has 0 aliphatic heterocycles. The number of nitrogens with zero attached hydrogens (tertiary/aromatic N) is 2. The SMILES string of the molecule is CC(C)CCNC(=O)c1cccc(C#N)n1. The Morgan fingerprint density at radius 2 is 2.31 bits per heavy atom. The maximum atomic E-state index is 11.6. The number of carbonyl (C=O) groups excluding carboxylic acids is 1. The highest BCUT2D eigenvalue weighted by Crippen LogP contribution is 2.00. The number of nitriles is 1. The summed E-state index contributed by atoms with van der Waals surface area (Å²) in [5.74, 6) is 0.330. The topological polar surface area (TPSA) is 65.8 Å². The van der Waals surface area contributed by atoms with Crippen LogP contribution in [0.4, 0.5) is 0 Å². The molecular formula is C12H15N3O. The molecule has 0 bridgehead atoms. The van der Waals surface area contributed by atoms with Crippen LogP contribution in [0.1, 0.15) is 36.5 Å². The van der Waals surface area contributed by atoms with Crippen molar-refractivity contribution < 1.29 is 4.79 Å². The van der Waals surface area contributed by atoms with E-state index in [1.165, 1.54) is 0 Å². The van der Waals surface area contributed by atoms with Crippen molar-refractivity contribution in [3.63, 3.8) is 0 Å². The molecule has 1 aromatic heterocycles. The van der Waals surface area contributed by atoms with Crippen LogP contribution in [0.15, 0.2) is 18.2 Å². The van der Waals surface area contributed by atoms with Crippen LogP contribution in [-0.4, -0.2) is 17.4 Å². The number of hydrogen-bond acceptors (Lipinski definition) is 3. The fraction of sp³-hybridized carbons (Fsp3) is 0.417. The Kier molecular flexibility index (Phi) is 4.46. The molecule has 0 saturated heterocycles. The zero-order chi connectivity index (χ0) is 12.0. The van der Waals surface area contributed by atoms with E-state index in [0.29, 0.717) is 18.2 Å². The summed E-state index contributed by atoms with van der Waals surface area (Å²) in [4.78, 5) is 15.5. The van der Waals surface area contributed by atoms with Crippen molar-refractivity contribution in [1.29, 1.82) is 5.26 Å². The first-order valence-electron chi connectivity index (χ1n) is 5.29. The zero-order valence-electron chi connectivity index (χ0n) is 9.53. The van der Waals surface area contributed by atoms with Crippen molar-refractivity contribution in [2.24, 2.45) is 5.92 Å². The van der Waals surface area contributed by atoms with E-state index in [-0.39, 0.29) is 11.6 Å². The van der Waals surface area contributed by atoms with Crippen LogP contribution in [0.25, 0.3) is 0 Å². The summed E-state index contributed by atoms with van der Waals surface area (Å²) in [5.41, 5.74) is 0.555. The highest BCUT2D eigenvalue weighted by molar-refractivity contribution is 5.92. The summed E-state index contributed by atoms with van der Waals surface area (Å²) < 4.78 is 0. The third-order valence-corrected chi connectivity index (χ3v) is 2.10. The molecule has 1 aromatic rings. The highest BCUT2D eigenvalue weighted by Gasteiger charge is 2.07. The average molecular weight is 217 g/mol. The van der Waals surface area contributed by atoms with Crippen molar-refractivity contribution in [2.75, 3.05) is 6.54 Å². The molecule has 0 atom stereocenters. The molecule has 0 radical (unpaired) electrons. The van der Waals surface area contributed by atoms with Crippen LogP contribution in [0, 0.1) is 17.2 Å². The molecule has 0 spiro atoms. The lowest BCUT2D eigenvalue weighted by atomic mass is 10.1. The van der Waals surface area contributed by atoms with E-state index in [4.69, 9.17) is 5.26 Å². The molecule has 84 valence electrons. The molecule has 0 aromatic carbocycles. The largest absolute Gasteiger partial charge is 0.351 e. The molecular weight excluding hydrogens is 202 g/mol. The van der Waals surface area contributed by atoms with Crippen LogP contribution >= 0.6 is 0 Å². The van der Waals surface area contributed by atoms with Crippen LogP contribution in [0.5, 0.6) is 0 Å². The minimum Gasteiger partial charge on any atom is -0.351 e. The minimum absolute atomic E-state index is 0.224. The van der Waals surface area contributed by atoms with Gasteiger partial charge in [-0.2, -0.15) is 5.26 Å². The predicted molar refractivity (Wildman–Crippen MR) is 60.7 cm³/mol. The summed E-state index contributed by atoms with van der Waals surface area (Å²) in [6, 6.07) is 6.74. The Bertz CT molecular complexity index is 407.